The molecular formula is C31H39N3O6. The number of carboxylic acids is 1. The summed E-state index contributed by atoms with van der Waals surface area (Å²) in [7, 11) is 0. The molecule has 4 fully saturated rings. The molecule has 2 amide bonds. The van der Waals surface area contributed by atoms with Crippen LogP contribution in [0.5, 0.6) is 5.75 Å². The van der Waals surface area contributed by atoms with Gasteiger partial charge in [0.25, 0.3) is 5.91 Å². The first-order chi connectivity index (χ1) is 19.0. The number of hydrogen-bond acceptors (Lipinski definition) is 6. The van der Waals surface area contributed by atoms with Gasteiger partial charge in [0.1, 0.15) is 24.0 Å². The van der Waals surface area contributed by atoms with Crippen molar-refractivity contribution in [2.45, 2.75) is 45.3 Å². The van der Waals surface area contributed by atoms with Crippen LogP contribution in [0, 0.1) is 17.3 Å². The molecular weight excluding hydrogens is 510 g/mol. The number of alkyl carbamates (subject to hydrolysis) is 1. The maximum Gasteiger partial charge on any atom is 0.408 e. The lowest BCUT2D eigenvalue weighted by Gasteiger charge is -2.51. The number of fused-ring (bicyclic) bond motifs is 3. The van der Waals surface area contributed by atoms with Gasteiger partial charge in [0.2, 0.25) is 0 Å². The second kappa shape index (κ2) is 11.1. The van der Waals surface area contributed by atoms with Crippen LogP contribution >= 0.6 is 0 Å². The summed E-state index contributed by atoms with van der Waals surface area (Å²) >= 11 is 0. The second-order valence-electron chi connectivity index (χ2n) is 12.4. The number of benzene rings is 2. The van der Waals surface area contributed by atoms with Crippen LogP contribution in [0.2, 0.25) is 0 Å². The average molecular weight is 550 g/mol. The normalized spacial score (nSPS) is 24.0. The monoisotopic (exact) mass is 549 g/mol. The minimum absolute atomic E-state index is 0.0409. The lowest BCUT2D eigenvalue weighted by Crippen LogP contribution is -2.69. The molecule has 6 rings (SSSR count). The average Bonchev–Trinajstić information content (AvgIpc) is 2.91. The van der Waals surface area contributed by atoms with E-state index in [2.05, 4.69) is 10.2 Å². The topological polar surface area (TPSA) is 108 Å². The van der Waals surface area contributed by atoms with Crippen molar-refractivity contribution >= 4 is 18.0 Å². The Morgan fingerprint density at radius 2 is 1.68 bits per heavy atom. The van der Waals surface area contributed by atoms with Crippen LogP contribution in [0.25, 0.3) is 0 Å². The fraction of sp³-hybridized carbons (Fsp3) is 0.516. The van der Waals surface area contributed by atoms with Crippen LogP contribution in [-0.4, -0.2) is 78.3 Å². The van der Waals surface area contributed by atoms with Gasteiger partial charge in [0, 0.05) is 12.1 Å². The Labute approximate surface area is 235 Å². The molecule has 1 unspecified atom stereocenters. The Bertz CT molecular complexity index is 1210. The van der Waals surface area contributed by atoms with E-state index in [1.54, 1.807) is 29.2 Å². The van der Waals surface area contributed by atoms with Gasteiger partial charge in [-0.1, -0.05) is 51.1 Å². The third-order valence-corrected chi connectivity index (χ3v) is 8.59. The SMILES string of the molecule is CC(C)(C)C(COc1ccc(C(=O)N2CC(NC(=O)O[C@H]3CN4CCC3CC4)(c3ccccc3)C2)cc1)C(=O)O. The first kappa shape index (κ1) is 28.0. The Hall–Kier alpha value is -3.59. The molecule has 214 valence electrons. The molecule has 2 N–H and O–H groups in total. The smallest absolute Gasteiger partial charge is 0.408 e. The first-order valence-electron chi connectivity index (χ1n) is 14.1. The standard InChI is InChI=1S/C31H39N3O6/c1-30(2,3)25(28(36)37)18-39-24-11-9-22(10-12-24)27(35)34-19-31(20-34,23-7-5-4-6-8-23)32-29(38)40-26-17-33-15-13-21(26)14-16-33/h4-12,21,25-26H,13-20H2,1-3H3,(H,32,38)(H,36,37)/t25?,26-/m0/s1. The summed E-state index contributed by atoms with van der Waals surface area (Å²) in [5, 5.41) is 12.6. The minimum Gasteiger partial charge on any atom is -0.493 e. The zero-order valence-electron chi connectivity index (χ0n) is 23.5. The molecule has 4 heterocycles. The number of nitrogens with zero attached hydrogens (tertiary/aromatic N) is 2. The molecule has 2 aromatic rings. The van der Waals surface area contributed by atoms with Gasteiger partial charge in [-0.25, -0.2) is 4.79 Å². The van der Waals surface area contributed by atoms with E-state index in [-0.39, 0.29) is 18.6 Å². The Kier molecular flexibility index (Phi) is 7.77. The van der Waals surface area contributed by atoms with Crippen molar-refractivity contribution in [1.29, 1.82) is 0 Å². The molecule has 2 aromatic carbocycles. The number of hydrogen-bond donors (Lipinski definition) is 2. The highest BCUT2D eigenvalue weighted by atomic mass is 16.6. The molecule has 4 aliphatic rings. The number of piperidine rings is 3. The number of rotatable bonds is 8. The third-order valence-electron chi connectivity index (χ3n) is 8.59. The van der Waals surface area contributed by atoms with E-state index in [1.165, 1.54) is 0 Å². The highest BCUT2D eigenvalue weighted by molar-refractivity contribution is 5.95. The zero-order valence-corrected chi connectivity index (χ0v) is 23.5. The summed E-state index contributed by atoms with van der Waals surface area (Å²) in [5.74, 6) is -0.792. The lowest BCUT2D eigenvalue weighted by atomic mass is 9.81. The van der Waals surface area contributed by atoms with Gasteiger partial charge in [-0.3, -0.25) is 14.5 Å². The number of nitrogens with one attached hydrogen (secondary N) is 1. The largest absolute Gasteiger partial charge is 0.493 e. The van der Waals surface area contributed by atoms with Crippen LogP contribution in [0.15, 0.2) is 54.6 Å². The van der Waals surface area contributed by atoms with Gasteiger partial charge >= 0.3 is 12.1 Å². The lowest BCUT2D eigenvalue weighted by molar-refractivity contribution is -0.146. The van der Waals surface area contributed by atoms with Gasteiger partial charge in [0.15, 0.2) is 0 Å². The summed E-state index contributed by atoms with van der Waals surface area (Å²) in [6.07, 6.45) is 1.59. The van der Waals surface area contributed by atoms with E-state index >= 15 is 0 Å². The number of carbonyl (C=O) groups is 3. The van der Waals surface area contributed by atoms with Crippen LogP contribution in [-0.2, 0) is 15.1 Å². The van der Waals surface area contributed by atoms with E-state index in [9.17, 15) is 19.5 Å². The molecule has 4 saturated heterocycles. The van der Waals surface area contributed by atoms with Crippen molar-refractivity contribution in [3.05, 3.63) is 65.7 Å². The predicted octanol–water partition coefficient (Wildman–Crippen LogP) is 3.98. The highest BCUT2D eigenvalue weighted by Crippen LogP contribution is 2.35. The molecule has 0 saturated carbocycles. The number of aliphatic carboxylic acids is 1. The Morgan fingerprint density at radius 3 is 2.23 bits per heavy atom. The molecule has 0 radical (unpaired) electrons. The maximum atomic E-state index is 13.3. The Balaban J connectivity index is 1.21. The first-order valence-corrected chi connectivity index (χ1v) is 14.1. The van der Waals surface area contributed by atoms with Crippen molar-refractivity contribution in [3.8, 4) is 5.75 Å². The van der Waals surface area contributed by atoms with Crippen LogP contribution in [0.1, 0.15) is 49.5 Å². The number of carboxylic acid groups (broad SMARTS) is 1. The van der Waals surface area contributed by atoms with Crippen molar-refractivity contribution < 1.29 is 29.0 Å². The van der Waals surface area contributed by atoms with Gasteiger partial charge < -0.3 is 24.8 Å². The molecule has 2 atom stereocenters. The van der Waals surface area contributed by atoms with E-state index in [0.29, 0.717) is 30.3 Å². The van der Waals surface area contributed by atoms with Crippen LogP contribution < -0.4 is 10.1 Å². The fourth-order valence-electron chi connectivity index (χ4n) is 5.99. The molecule has 40 heavy (non-hydrogen) atoms. The molecule has 4 aliphatic heterocycles. The summed E-state index contributed by atoms with van der Waals surface area (Å²) < 4.78 is 11.6. The van der Waals surface area contributed by atoms with Crippen molar-refractivity contribution in [2.75, 3.05) is 39.3 Å². The van der Waals surface area contributed by atoms with E-state index in [0.717, 1.165) is 38.0 Å². The van der Waals surface area contributed by atoms with Crippen LogP contribution in [0.3, 0.4) is 0 Å². The minimum atomic E-state index is -0.903. The number of carbonyl (C=O) groups excluding carboxylic acids is 2. The summed E-state index contributed by atoms with van der Waals surface area (Å²) in [6, 6.07) is 16.4. The molecule has 0 aliphatic carbocycles. The zero-order chi connectivity index (χ0) is 28.5. The maximum absolute atomic E-state index is 13.3. The molecule has 2 bridgehead atoms. The van der Waals surface area contributed by atoms with Gasteiger partial charge in [-0.05, 0) is 67.1 Å². The number of amides is 2. The number of likely N-dealkylation sites (tertiary alicyclic amines) is 1. The molecule has 9 heteroatoms. The van der Waals surface area contributed by atoms with Crippen LogP contribution in [0.4, 0.5) is 4.79 Å². The Morgan fingerprint density at radius 1 is 1.02 bits per heavy atom. The summed E-state index contributed by atoms with van der Waals surface area (Å²) in [5.41, 5.74) is 0.262. The van der Waals surface area contributed by atoms with Crippen molar-refractivity contribution in [1.82, 2.24) is 15.1 Å². The van der Waals surface area contributed by atoms with Gasteiger partial charge in [0.05, 0.1) is 19.0 Å². The molecule has 0 aromatic heterocycles. The quantitative estimate of drug-likeness (QED) is 0.513. The molecule has 0 spiro atoms. The van der Waals surface area contributed by atoms with Crippen molar-refractivity contribution in [2.24, 2.45) is 17.3 Å². The van der Waals surface area contributed by atoms with Gasteiger partial charge in [-0.15, -0.1) is 0 Å². The van der Waals surface area contributed by atoms with Gasteiger partial charge in [-0.2, -0.15) is 0 Å². The van der Waals surface area contributed by atoms with Crippen molar-refractivity contribution in [3.63, 3.8) is 0 Å². The highest BCUT2D eigenvalue weighted by Gasteiger charge is 2.49. The fourth-order valence-corrected chi connectivity index (χ4v) is 5.99. The van der Waals surface area contributed by atoms with E-state index < -0.39 is 28.9 Å². The second-order valence-corrected chi connectivity index (χ2v) is 12.4. The molecule has 9 nitrogen and oxygen atoms in total. The third kappa shape index (κ3) is 5.94. The van der Waals surface area contributed by atoms with E-state index in [1.807, 2.05) is 51.1 Å². The predicted molar refractivity (Wildman–Crippen MR) is 149 cm³/mol. The van der Waals surface area contributed by atoms with E-state index in [4.69, 9.17) is 9.47 Å². The summed E-state index contributed by atoms with van der Waals surface area (Å²) in [4.78, 5) is 42.0. The summed E-state index contributed by atoms with van der Waals surface area (Å²) in [6.45, 7) is 9.23. The number of ether oxygens (including phenoxy) is 2.